The summed E-state index contributed by atoms with van der Waals surface area (Å²) < 4.78 is 41.0. The quantitative estimate of drug-likeness (QED) is 0.573. The van der Waals surface area contributed by atoms with Crippen molar-refractivity contribution in [2.24, 2.45) is 5.84 Å². The summed E-state index contributed by atoms with van der Waals surface area (Å²) in [6, 6.07) is 2.74. The Balaban J connectivity index is 2.54. The molecule has 2 atom stereocenters. The maximum Gasteiger partial charge on any atom is 0.163 e. The molecule has 1 aromatic carbocycles. The van der Waals surface area contributed by atoms with Crippen molar-refractivity contribution in [2.75, 3.05) is 6.54 Å². The lowest BCUT2D eigenvalue weighted by Gasteiger charge is -2.34. The lowest BCUT2D eigenvalue weighted by atomic mass is 9.80. The smallest absolute Gasteiger partial charge is 0.163 e. The molecule has 2 rings (SSSR count). The summed E-state index contributed by atoms with van der Waals surface area (Å²) in [4.78, 5) is 7.31. The van der Waals surface area contributed by atoms with Crippen LogP contribution in [-0.2, 0) is 5.60 Å². The number of aliphatic hydroxyl groups is 1. The Labute approximate surface area is 125 Å². The van der Waals surface area contributed by atoms with Crippen LogP contribution in [0.25, 0.3) is 0 Å². The van der Waals surface area contributed by atoms with Gasteiger partial charge in [0.1, 0.15) is 23.6 Å². The topological polar surface area (TPSA) is 84.1 Å². The molecule has 1 aromatic heterocycles. The first-order valence-corrected chi connectivity index (χ1v) is 6.47. The number of nitrogens with one attached hydrogen (secondary N) is 1. The van der Waals surface area contributed by atoms with Gasteiger partial charge in [-0.3, -0.25) is 11.3 Å². The SMILES string of the molecule is C[C@H](c1ncncc1F)[C@](O)(CNN)c1ccc(F)cc1F. The second-order valence-electron chi connectivity index (χ2n) is 4.91. The molecule has 0 saturated heterocycles. The van der Waals surface area contributed by atoms with Crippen LogP contribution in [-0.4, -0.2) is 21.6 Å². The molecule has 2 aromatic rings. The Kier molecular flexibility index (Phi) is 4.74. The van der Waals surface area contributed by atoms with E-state index in [0.717, 1.165) is 24.7 Å². The van der Waals surface area contributed by atoms with Gasteiger partial charge in [-0.2, -0.15) is 0 Å². The minimum Gasteiger partial charge on any atom is -0.383 e. The normalized spacial score (nSPS) is 15.4. The third-order valence-electron chi connectivity index (χ3n) is 3.59. The lowest BCUT2D eigenvalue weighted by Crippen LogP contribution is -2.45. The van der Waals surface area contributed by atoms with Crippen LogP contribution in [0.5, 0.6) is 0 Å². The molecule has 0 bridgehead atoms. The van der Waals surface area contributed by atoms with E-state index >= 15 is 0 Å². The van der Waals surface area contributed by atoms with Crippen LogP contribution in [0.3, 0.4) is 0 Å². The number of benzene rings is 1. The molecule has 1 heterocycles. The van der Waals surface area contributed by atoms with Crippen molar-refractivity contribution < 1.29 is 18.3 Å². The van der Waals surface area contributed by atoms with E-state index in [1.54, 1.807) is 0 Å². The molecule has 22 heavy (non-hydrogen) atoms. The largest absolute Gasteiger partial charge is 0.383 e. The molecule has 0 amide bonds. The zero-order valence-corrected chi connectivity index (χ0v) is 11.7. The molecule has 0 aliphatic rings. The predicted molar refractivity (Wildman–Crippen MR) is 72.8 cm³/mol. The van der Waals surface area contributed by atoms with E-state index < -0.39 is 29.0 Å². The van der Waals surface area contributed by atoms with Crippen LogP contribution in [0.15, 0.2) is 30.7 Å². The zero-order chi connectivity index (χ0) is 16.3. The van der Waals surface area contributed by atoms with Crippen molar-refractivity contribution >= 4 is 0 Å². The lowest BCUT2D eigenvalue weighted by molar-refractivity contribution is 0.00743. The zero-order valence-electron chi connectivity index (χ0n) is 11.7. The van der Waals surface area contributed by atoms with Gasteiger partial charge in [-0.15, -0.1) is 0 Å². The second kappa shape index (κ2) is 6.39. The molecular formula is C14H15F3N4O. The minimum atomic E-state index is -1.93. The highest BCUT2D eigenvalue weighted by Crippen LogP contribution is 2.37. The molecule has 0 aliphatic heterocycles. The number of nitrogens with two attached hydrogens (primary N) is 1. The average molecular weight is 312 g/mol. The Hall–Kier alpha value is -2.03. The summed E-state index contributed by atoms with van der Waals surface area (Å²) in [5, 5.41) is 10.9. The predicted octanol–water partition coefficient (Wildman–Crippen LogP) is 1.35. The van der Waals surface area contributed by atoms with Gasteiger partial charge in [0.15, 0.2) is 5.82 Å². The summed E-state index contributed by atoms with van der Waals surface area (Å²) in [6.07, 6.45) is 2.06. The van der Waals surface area contributed by atoms with Gasteiger partial charge in [0.2, 0.25) is 0 Å². The van der Waals surface area contributed by atoms with Gasteiger partial charge >= 0.3 is 0 Å². The highest BCUT2D eigenvalue weighted by Gasteiger charge is 2.40. The van der Waals surface area contributed by atoms with Crippen LogP contribution < -0.4 is 11.3 Å². The summed E-state index contributed by atoms with van der Waals surface area (Å²) in [5.41, 5.74) is 0.00238. The van der Waals surface area contributed by atoms with Crippen LogP contribution in [0.4, 0.5) is 13.2 Å². The van der Waals surface area contributed by atoms with E-state index in [-0.39, 0.29) is 17.8 Å². The van der Waals surface area contributed by atoms with E-state index in [1.165, 1.54) is 6.92 Å². The Bertz CT molecular complexity index is 670. The fourth-order valence-corrected chi connectivity index (χ4v) is 2.34. The van der Waals surface area contributed by atoms with Crippen molar-refractivity contribution in [3.05, 3.63) is 59.4 Å². The van der Waals surface area contributed by atoms with Crippen LogP contribution in [0.1, 0.15) is 24.1 Å². The molecule has 0 unspecified atom stereocenters. The van der Waals surface area contributed by atoms with Gasteiger partial charge in [0.05, 0.1) is 11.9 Å². The van der Waals surface area contributed by atoms with Gasteiger partial charge in [0.25, 0.3) is 0 Å². The highest BCUT2D eigenvalue weighted by molar-refractivity contribution is 5.30. The molecule has 0 aliphatic carbocycles. The van der Waals surface area contributed by atoms with Crippen molar-refractivity contribution in [2.45, 2.75) is 18.4 Å². The molecular weight excluding hydrogens is 297 g/mol. The number of hydrogen-bond donors (Lipinski definition) is 3. The molecule has 0 fully saturated rings. The van der Waals surface area contributed by atoms with Crippen molar-refractivity contribution in [3.63, 3.8) is 0 Å². The maximum absolute atomic E-state index is 14.1. The third-order valence-corrected chi connectivity index (χ3v) is 3.59. The average Bonchev–Trinajstić information content (AvgIpc) is 2.47. The molecule has 118 valence electrons. The maximum atomic E-state index is 14.1. The number of nitrogens with zero attached hydrogens (tertiary/aromatic N) is 2. The summed E-state index contributed by atoms with van der Waals surface area (Å²) in [5.74, 6) is 1.80. The number of halogens is 3. The molecule has 8 heteroatoms. The van der Waals surface area contributed by atoms with Crippen molar-refractivity contribution in [1.82, 2.24) is 15.4 Å². The molecule has 0 spiro atoms. The van der Waals surface area contributed by atoms with Crippen LogP contribution in [0.2, 0.25) is 0 Å². The summed E-state index contributed by atoms with van der Waals surface area (Å²) in [7, 11) is 0. The van der Waals surface area contributed by atoms with E-state index in [2.05, 4.69) is 15.4 Å². The van der Waals surface area contributed by atoms with Crippen molar-refractivity contribution in [1.29, 1.82) is 0 Å². The second-order valence-corrected chi connectivity index (χ2v) is 4.91. The molecule has 0 saturated carbocycles. The summed E-state index contributed by atoms with van der Waals surface area (Å²) >= 11 is 0. The minimum absolute atomic E-state index is 0.100. The molecule has 0 radical (unpaired) electrons. The third kappa shape index (κ3) is 2.94. The van der Waals surface area contributed by atoms with E-state index in [1.807, 2.05) is 0 Å². The van der Waals surface area contributed by atoms with Crippen LogP contribution in [0, 0.1) is 17.5 Å². The van der Waals surface area contributed by atoms with E-state index in [9.17, 15) is 18.3 Å². The van der Waals surface area contributed by atoms with Gasteiger partial charge in [-0.25, -0.2) is 23.1 Å². The highest BCUT2D eigenvalue weighted by atomic mass is 19.1. The molecule has 4 N–H and O–H groups in total. The number of hydrogen-bond acceptors (Lipinski definition) is 5. The van der Waals surface area contributed by atoms with Gasteiger partial charge in [-0.1, -0.05) is 13.0 Å². The standard InChI is InChI=1S/C14H15F3N4O/c1-8(13-12(17)5-19-7-20-13)14(22,6-21-18)10-3-2-9(15)4-11(10)16/h2-5,7-8,21-22H,6,18H2,1H3/t8-,14-/m1/s1. The first-order chi connectivity index (χ1) is 10.4. The fraction of sp³-hybridized carbons (Fsp3) is 0.286. The van der Waals surface area contributed by atoms with Gasteiger partial charge in [0, 0.05) is 24.1 Å². The van der Waals surface area contributed by atoms with Crippen molar-refractivity contribution in [3.8, 4) is 0 Å². The number of aromatic nitrogens is 2. The fourth-order valence-electron chi connectivity index (χ4n) is 2.34. The Morgan fingerprint density at radius 3 is 2.64 bits per heavy atom. The summed E-state index contributed by atoms with van der Waals surface area (Å²) in [6.45, 7) is 1.17. The van der Waals surface area contributed by atoms with E-state index in [0.29, 0.717) is 6.07 Å². The van der Waals surface area contributed by atoms with E-state index in [4.69, 9.17) is 5.84 Å². The number of rotatable bonds is 5. The first-order valence-electron chi connectivity index (χ1n) is 6.47. The monoisotopic (exact) mass is 312 g/mol. The van der Waals surface area contributed by atoms with Crippen LogP contribution >= 0.6 is 0 Å². The molecule has 5 nitrogen and oxygen atoms in total. The Morgan fingerprint density at radius 2 is 2.05 bits per heavy atom. The first kappa shape index (κ1) is 16.3. The Morgan fingerprint density at radius 1 is 1.32 bits per heavy atom. The number of hydrazine groups is 1. The van der Waals surface area contributed by atoms with Gasteiger partial charge in [-0.05, 0) is 6.07 Å². The van der Waals surface area contributed by atoms with Gasteiger partial charge < -0.3 is 5.11 Å².